The van der Waals surface area contributed by atoms with E-state index in [1.165, 1.54) is 6.08 Å². The number of rotatable bonds is 12. The van der Waals surface area contributed by atoms with Crippen LogP contribution in [0.15, 0.2) is 78.9 Å². The van der Waals surface area contributed by atoms with Crippen molar-refractivity contribution in [3.05, 3.63) is 84.4 Å². The van der Waals surface area contributed by atoms with Gasteiger partial charge in [0.1, 0.15) is 18.5 Å². The van der Waals surface area contributed by atoms with Gasteiger partial charge in [-0.1, -0.05) is 37.3 Å². The number of hydrogen-bond donors (Lipinski definition) is 4. The van der Waals surface area contributed by atoms with Gasteiger partial charge in [0.15, 0.2) is 11.5 Å². The third-order valence-electron chi connectivity index (χ3n) is 6.22. The van der Waals surface area contributed by atoms with Gasteiger partial charge in [0.05, 0.1) is 18.0 Å². The van der Waals surface area contributed by atoms with Crippen molar-refractivity contribution >= 4 is 29.1 Å². The fraction of sp³-hybridized carbons (Fsp3) is 0.267. The maximum atomic E-state index is 12.9. The molecule has 2 atom stereocenters. The second kappa shape index (κ2) is 13.9. The summed E-state index contributed by atoms with van der Waals surface area (Å²) in [4.78, 5) is 25.2. The van der Waals surface area contributed by atoms with Crippen LogP contribution in [0.4, 0.5) is 21.9 Å². The van der Waals surface area contributed by atoms with E-state index in [4.69, 9.17) is 29.8 Å². The Kier molecular flexibility index (Phi) is 9.84. The van der Waals surface area contributed by atoms with Crippen LogP contribution in [0.25, 0.3) is 0 Å². The minimum Gasteiger partial charge on any atom is -0.491 e. The Bertz CT molecular complexity index is 1330. The summed E-state index contributed by atoms with van der Waals surface area (Å²) in [5, 5.41) is 14.5. The Hall–Kier alpha value is -4.70. The molecule has 1 aliphatic heterocycles. The first-order valence-corrected chi connectivity index (χ1v) is 13.0. The van der Waals surface area contributed by atoms with Crippen LogP contribution in [0.1, 0.15) is 31.4 Å². The van der Waals surface area contributed by atoms with Gasteiger partial charge in [-0.15, -0.1) is 0 Å². The van der Waals surface area contributed by atoms with E-state index in [2.05, 4.69) is 10.6 Å². The summed E-state index contributed by atoms with van der Waals surface area (Å²) in [5.41, 5.74) is 8.22. The molecule has 0 unspecified atom stereocenters. The number of aliphatic hydroxyl groups excluding tert-OH is 1. The van der Waals surface area contributed by atoms with Gasteiger partial charge in [-0.3, -0.25) is 10.1 Å². The molecule has 0 saturated heterocycles. The Morgan fingerprint density at radius 2 is 1.82 bits per heavy atom. The molecule has 0 aromatic heterocycles. The number of aliphatic hydroxyl groups is 1. The SMILES string of the molecule is C[C@@H](CC/C=C/C(=O)Nc1ccccc1N)[C@@H](OC(=O)Nc1ccc2c(c1)OCO2)c1ccc(OCCO)cc1. The second-order valence-corrected chi connectivity index (χ2v) is 9.19. The zero-order valence-corrected chi connectivity index (χ0v) is 22.2. The Morgan fingerprint density at radius 1 is 1.05 bits per heavy atom. The Morgan fingerprint density at radius 3 is 2.60 bits per heavy atom. The number of anilines is 3. The number of nitrogens with two attached hydrogens (primary N) is 1. The molecule has 2 amide bonds. The zero-order chi connectivity index (χ0) is 28.3. The van der Waals surface area contributed by atoms with E-state index in [0.29, 0.717) is 47.2 Å². The normalized spacial score (nSPS) is 13.4. The van der Waals surface area contributed by atoms with E-state index in [1.807, 2.05) is 19.1 Å². The fourth-order valence-corrected chi connectivity index (χ4v) is 4.15. The summed E-state index contributed by atoms with van der Waals surface area (Å²) in [7, 11) is 0. The molecule has 10 nitrogen and oxygen atoms in total. The number of nitrogens with one attached hydrogen (secondary N) is 2. The predicted molar refractivity (Wildman–Crippen MR) is 151 cm³/mol. The van der Waals surface area contributed by atoms with Crippen LogP contribution in [0, 0.1) is 5.92 Å². The number of carbonyl (C=O) groups excluding carboxylic acids is 2. The molecule has 3 aromatic rings. The minimum atomic E-state index is -0.619. The molecule has 0 fully saturated rings. The summed E-state index contributed by atoms with van der Waals surface area (Å²) in [6, 6.07) is 19.3. The standard InChI is InChI=1S/C30H33N3O7/c1-20(6-2-5-9-28(35)33-25-8-4-3-7-24(25)31)29(21-10-13-23(14-11-21)37-17-16-34)40-30(36)32-22-12-15-26-27(18-22)39-19-38-26/h3-5,7-15,18,20,29,34H,2,6,16-17,19,31H2,1H3,(H,32,36)(H,33,35)/b9-5+/t20-,29+/m0/s1. The van der Waals surface area contributed by atoms with Crippen molar-refractivity contribution in [2.24, 2.45) is 5.92 Å². The molecule has 0 aliphatic carbocycles. The Balaban J connectivity index is 1.38. The van der Waals surface area contributed by atoms with Gasteiger partial charge in [-0.25, -0.2) is 4.79 Å². The lowest BCUT2D eigenvalue weighted by atomic mass is 9.93. The number of carbonyl (C=O) groups is 2. The number of hydrogen-bond acceptors (Lipinski definition) is 8. The lowest BCUT2D eigenvalue weighted by Gasteiger charge is -2.25. The van der Waals surface area contributed by atoms with Crippen molar-refractivity contribution in [1.82, 2.24) is 0 Å². The van der Waals surface area contributed by atoms with Crippen LogP contribution in [0.3, 0.4) is 0 Å². The monoisotopic (exact) mass is 547 g/mol. The molecule has 0 saturated carbocycles. The fourth-order valence-electron chi connectivity index (χ4n) is 4.15. The van der Waals surface area contributed by atoms with E-state index >= 15 is 0 Å². The molecule has 10 heteroatoms. The first-order valence-electron chi connectivity index (χ1n) is 13.0. The highest BCUT2D eigenvalue weighted by Crippen LogP contribution is 2.35. The largest absolute Gasteiger partial charge is 0.491 e. The van der Waals surface area contributed by atoms with Gasteiger partial charge in [-0.2, -0.15) is 0 Å². The molecular weight excluding hydrogens is 514 g/mol. The van der Waals surface area contributed by atoms with Crippen molar-refractivity contribution in [1.29, 1.82) is 0 Å². The molecule has 0 spiro atoms. The van der Waals surface area contributed by atoms with Crippen molar-refractivity contribution in [3.8, 4) is 17.2 Å². The molecule has 40 heavy (non-hydrogen) atoms. The average Bonchev–Trinajstić information content (AvgIpc) is 3.42. The minimum absolute atomic E-state index is 0.0885. The van der Waals surface area contributed by atoms with Gasteiger partial charge in [-0.05, 0) is 66.8 Å². The molecule has 0 bridgehead atoms. The lowest BCUT2D eigenvalue weighted by Crippen LogP contribution is -2.22. The van der Waals surface area contributed by atoms with Gasteiger partial charge >= 0.3 is 6.09 Å². The Labute approximate surface area is 232 Å². The van der Waals surface area contributed by atoms with E-state index < -0.39 is 12.2 Å². The zero-order valence-electron chi connectivity index (χ0n) is 22.2. The van der Waals surface area contributed by atoms with Crippen molar-refractivity contribution in [2.75, 3.05) is 36.4 Å². The van der Waals surface area contributed by atoms with E-state index in [-0.39, 0.29) is 31.8 Å². The maximum absolute atomic E-state index is 12.9. The molecular formula is C30H33N3O7. The van der Waals surface area contributed by atoms with Crippen LogP contribution < -0.4 is 30.6 Å². The van der Waals surface area contributed by atoms with Gasteiger partial charge in [0.2, 0.25) is 12.7 Å². The molecule has 1 aliphatic rings. The molecule has 210 valence electrons. The van der Waals surface area contributed by atoms with Crippen LogP contribution in [0.2, 0.25) is 0 Å². The quantitative estimate of drug-likeness (QED) is 0.178. The molecule has 0 radical (unpaired) electrons. The third kappa shape index (κ3) is 7.90. The summed E-state index contributed by atoms with van der Waals surface area (Å²) < 4.78 is 22.0. The lowest BCUT2D eigenvalue weighted by molar-refractivity contribution is -0.111. The third-order valence-corrected chi connectivity index (χ3v) is 6.22. The number of allylic oxidation sites excluding steroid dienone is 1. The number of para-hydroxylation sites is 2. The predicted octanol–water partition coefficient (Wildman–Crippen LogP) is 5.27. The van der Waals surface area contributed by atoms with Gasteiger partial charge in [0.25, 0.3) is 0 Å². The maximum Gasteiger partial charge on any atom is 0.412 e. The number of ether oxygens (including phenoxy) is 4. The highest BCUT2D eigenvalue weighted by atomic mass is 16.7. The summed E-state index contributed by atoms with van der Waals surface area (Å²) in [5.74, 6) is 1.39. The van der Waals surface area contributed by atoms with Crippen molar-refractivity contribution < 1.29 is 33.6 Å². The summed E-state index contributed by atoms with van der Waals surface area (Å²) in [6.45, 7) is 2.21. The van der Waals surface area contributed by atoms with Crippen LogP contribution in [-0.4, -0.2) is 37.1 Å². The number of nitrogen functional groups attached to an aromatic ring is 1. The molecule has 1 heterocycles. The number of benzene rings is 3. The first-order chi connectivity index (χ1) is 19.4. The van der Waals surface area contributed by atoms with E-state index in [0.717, 1.165) is 5.56 Å². The van der Waals surface area contributed by atoms with Crippen molar-refractivity contribution in [3.63, 3.8) is 0 Å². The smallest absolute Gasteiger partial charge is 0.412 e. The van der Waals surface area contributed by atoms with Crippen molar-refractivity contribution in [2.45, 2.75) is 25.9 Å². The highest BCUT2D eigenvalue weighted by molar-refractivity contribution is 6.01. The highest BCUT2D eigenvalue weighted by Gasteiger charge is 2.24. The van der Waals surface area contributed by atoms with Gasteiger partial charge in [0, 0.05) is 11.8 Å². The topological polar surface area (TPSA) is 141 Å². The second-order valence-electron chi connectivity index (χ2n) is 9.19. The number of amides is 2. The van der Waals surface area contributed by atoms with E-state index in [1.54, 1.807) is 60.7 Å². The van der Waals surface area contributed by atoms with Crippen LogP contribution >= 0.6 is 0 Å². The number of fused-ring (bicyclic) bond motifs is 1. The summed E-state index contributed by atoms with van der Waals surface area (Å²) >= 11 is 0. The summed E-state index contributed by atoms with van der Waals surface area (Å²) in [6.07, 6.45) is 3.27. The first kappa shape index (κ1) is 28.3. The average molecular weight is 548 g/mol. The molecule has 3 aromatic carbocycles. The molecule has 5 N–H and O–H groups in total. The van der Waals surface area contributed by atoms with Gasteiger partial charge < -0.3 is 35.1 Å². The van der Waals surface area contributed by atoms with Crippen LogP contribution in [-0.2, 0) is 9.53 Å². The van der Waals surface area contributed by atoms with Crippen LogP contribution in [0.5, 0.6) is 17.2 Å². The molecule has 4 rings (SSSR count). The van der Waals surface area contributed by atoms with E-state index in [9.17, 15) is 9.59 Å².